The van der Waals surface area contributed by atoms with Gasteiger partial charge in [0.15, 0.2) is 0 Å². The first-order valence-electron chi connectivity index (χ1n) is 6.75. The molecule has 0 amide bonds. The van der Waals surface area contributed by atoms with Gasteiger partial charge in [-0.15, -0.1) is 0 Å². The Morgan fingerprint density at radius 3 is 1.68 bits per heavy atom. The summed E-state index contributed by atoms with van der Waals surface area (Å²) in [6.45, 7) is 11.7. The normalized spacial score (nSPS) is 8.53. The second-order valence-corrected chi connectivity index (χ2v) is 3.24. The van der Waals surface area contributed by atoms with Gasteiger partial charge in [0.05, 0.1) is 0 Å². The Bertz CT molecular complexity index is 435. The molecular weight excluding hydrogens is 236 g/mol. The Labute approximate surface area is 116 Å². The number of aryl methyl sites for hydroxylation is 2. The van der Waals surface area contributed by atoms with E-state index in [0.717, 1.165) is 17.3 Å². The van der Waals surface area contributed by atoms with Gasteiger partial charge in [0, 0.05) is 5.69 Å². The quantitative estimate of drug-likeness (QED) is 0.875. The molecule has 0 radical (unpaired) electrons. The molecule has 0 fully saturated rings. The lowest BCUT2D eigenvalue weighted by Crippen LogP contribution is -2.02. The van der Waals surface area contributed by atoms with Crippen molar-refractivity contribution in [2.45, 2.75) is 41.5 Å². The van der Waals surface area contributed by atoms with Gasteiger partial charge >= 0.3 is 0 Å². The summed E-state index contributed by atoms with van der Waals surface area (Å²) in [6.07, 6.45) is 0. The summed E-state index contributed by atoms with van der Waals surface area (Å²) < 4.78 is 0. The molecule has 0 aliphatic rings. The van der Waals surface area contributed by atoms with E-state index in [1.807, 2.05) is 71.9 Å². The molecule has 1 heterocycles. The van der Waals surface area contributed by atoms with Gasteiger partial charge in [-0.1, -0.05) is 45.9 Å². The number of rotatable bonds is 2. The average Bonchev–Trinajstić information content (AvgIpc) is 2.43. The Balaban J connectivity index is 0.000000741. The highest BCUT2D eigenvalue weighted by molar-refractivity contribution is 5.52. The lowest BCUT2D eigenvalue weighted by atomic mass is 10.3. The van der Waals surface area contributed by atoms with Crippen molar-refractivity contribution in [1.29, 1.82) is 0 Å². The van der Waals surface area contributed by atoms with Crippen LogP contribution in [0.1, 0.15) is 39.3 Å². The number of para-hydroxylation sites is 1. The van der Waals surface area contributed by atoms with E-state index in [1.54, 1.807) is 0 Å². The molecule has 0 saturated heterocycles. The van der Waals surface area contributed by atoms with Crippen LogP contribution in [0.5, 0.6) is 0 Å². The Morgan fingerprint density at radius 1 is 0.737 bits per heavy atom. The van der Waals surface area contributed by atoms with E-state index >= 15 is 0 Å². The number of nitrogens with zero attached hydrogens (tertiary/aromatic N) is 3. The lowest BCUT2D eigenvalue weighted by Gasteiger charge is -2.05. The van der Waals surface area contributed by atoms with Gasteiger partial charge in [0.1, 0.15) is 11.6 Å². The van der Waals surface area contributed by atoms with Gasteiger partial charge in [0.2, 0.25) is 5.95 Å². The molecule has 0 aliphatic carbocycles. The zero-order valence-corrected chi connectivity index (χ0v) is 12.7. The summed E-state index contributed by atoms with van der Waals surface area (Å²) in [5.74, 6) is 2.04. The monoisotopic (exact) mass is 260 g/mol. The van der Waals surface area contributed by atoms with Crippen LogP contribution in [0.3, 0.4) is 0 Å². The van der Waals surface area contributed by atoms with Crippen LogP contribution in [-0.4, -0.2) is 15.0 Å². The molecule has 1 N–H and O–H groups in total. The Kier molecular flexibility index (Phi) is 8.96. The highest BCUT2D eigenvalue weighted by Crippen LogP contribution is 2.11. The number of nitrogens with one attached hydrogen (secondary N) is 1. The zero-order chi connectivity index (χ0) is 14.7. The van der Waals surface area contributed by atoms with E-state index in [0.29, 0.717) is 5.95 Å². The van der Waals surface area contributed by atoms with Crippen molar-refractivity contribution in [2.24, 2.45) is 0 Å². The van der Waals surface area contributed by atoms with Crippen molar-refractivity contribution in [2.75, 3.05) is 5.32 Å². The van der Waals surface area contributed by atoms with E-state index in [2.05, 4.69) is 20.3 Å². The molecule has 2 aromatic rings. The maximum absolute atomic E-state index is 4.20. The van der Waals surface area contributed by atoms with Crippen LogP contribution >= 0.6 is 0 Å². The maximum Gasteiger partial charge on any atom is 0.230 e. The van der Waals surface area contributed by atoms with Crippen molar-refractivity contribution in [3.8, 4) is 0 Å². The number of benzene rings is 1. The van der Waals surface area contributed by atoms with Crippen molar-refractivity contribution in [3.63, 3.8) is 0 Å². The van der Waals surface area contributed by atoms with Crippen LogP contribution in [0, 0.1) is 13.8 Å². The van der Waals surface area contributed by atoms with E-state index in [1.165, 1.54) is 0 Å². The molecule has 0 aliphatic heterocycles. The maximum atomic E-state index is 4.20. The van der Waals surface area contributed by atoms with Crippen molar-refractivity contribution in [1.82, 2.24) is 15.0 Å². The van der Waals surface area contributed by atoms with Crippen molar-refractivity contribution >= 4 is 11.6 Å². The highest BCUT2D eigenvalue weighted by Gasteiger charge is 1.99. The third kappa shape index (κ3) is 6.50. The van der Waals surface area contributed by atoms with E-state index < -0.39 is 0 Å². The predicted molar refractivity (Wildman–Crippen MR) is 81.7 cm³/mol. The smallest absolute Gasteiger partial charge is 0.230 e. The Morgan fingerprint density at radius 2 is 1.21 bits per heavy atom. The average molecular weight is 260 g/mol. The predicted octanol–water partition coefficient (Wildman–Crippen LogP) is 4.28. The fraction of sp³-hybridized carbons (Fsp3) is 0.400. The molecule has 104 valence electrons. The SMILES string of the molecule is CC.CC.Cc1nc(C)nc(Nc2ccccc2)n1. The number of hydrogen-bond donors (Lipinski definition) is 1. The van der Waals surface area contributed by atoms with Crippen LogP contribution in [0.25, 0.3) is 0 Å². The van der Waals surface area contributed by atoms with Crippen LogP contribution in [0.4, 0.5) is 11.6 Å². The zero-order valence-electron chi connectivity index (χ0n) is 12.7. The topological polar surface area (TPSA) is 50.7 Å². The number of hydrogen-bond acceptors (Lipinski definition) is 4. The molecule has 4 heteroatoms. The molecule has 19 heavy (non-hydrogen) atoms. The van der Waals surface area contributed by atoms with Gasteiger partial charge in [-0.3, -0.25) is 0 Å². The minimum atomic E-state index is 0.589. The standard InChI is InChI=1S/C11H12N4.2C2H6/c1-8-12-9(2)14-11(13-8)15-10-6-4-3-5-7-10;2*1-2/h3-7H,1-2H3,(H,12,13,14,15);2*1-2H3. The van der Waals surface area contributed by atoms with Crippen LogP contribution < -0.4 is 5.32 Å². The van der Waals surface area contributed by atoms with Crippen LogP contribution in [0.2, 0.25) is 0 Å². The third-order valence-electron chi connectivity index (χ3n) is 1.89. The van der Waals surface area contributed by atoms with Crippen molar-refractivity contribution < 1.29 is 0 Å². The molecule has 2 rings (SSSR count). The minimum absolute atomic E-state index is 0.589. The molecule has 0 atom stereocenters. The summed E-state index contributed by atoms with van der Waals surface area (Å²) in [5, 5.41) is 3.12. The fourth-order valence-corrected chi connectivity index (χ4v) is 1.32. The minimum Gasteiger partial charge on any atom is -0.324 e. The van der Waals surface area contributed by atoms with Gasteiger partial charge in [-0.05, 0) is 26.0 Å². The summed E-state index contributed by atoms with van der Waals surface area (Å²) >= 11 is 0. The van der Waals surface area contributed by atoms with E-state index in [9.17, 15) is 0 Å². The van der Waals surface area contributed by atoms with E-state index in [-0.39, 0.29) is 0 Å². The molecule has 0 unspecified atom stereocenters. The van der Waals surface area contributed by atoms with E-state index in [4.69, 9.17) is 0 Å². The first-order chi connectivity index (χ1) is 9.24. The van der Waals surface area contributed by atoms with Gasteiger partial charge in [-0.25, -0.2) is 4.98 Å². The molecule has 4 nitrogen and oxygen atoms in total. The molecular formula is C15H24N4. The van der Waals surface area contributed by atoms with Crippen LogP contribution in [0.15, 0.2) is 30.3 Å². The second kappa shape index (κ2) is 10.00. The molecule has 1 aromatic carbocycles. The third-order valence-corrected chi connectivity index (χ3v) is 1.89. The second-order valence-electron chi connectivity index (χ2n) is 3.24. The van der Waals surface area contributed by atoms with Gasteiger partial charge < -0.3 is 5.32 Å². The molecule has 0 saturated carbocycles. The first kappa shape index (κ1) is 17.0. The van der Waals surface area contributed by atoms with Crippen molar-refractivity contribution in [3.05, 3.63) is 42.0 Å². The number of aromatic nitrogens is 3. The Hall–Kier alpha value is -1.97. The van der Waals surface area contributed by atoms with Gasteiger partial charge in [-0.2, -0.15) is 9.97 Å². The van der Waals surface area contributed by atoms with Crippen LogP contribution in [-0.2, 0) is 0 Å². The lowest BCUT2D eigenvalue weighted by molar-refractivity contribution is 0.928. The highest BCUT2D eigenvalue weighted by atomic mass is 15.2. The first-order valence-corrected chi connectivity index (χ1v) is 6.75. The summed E-state index contributed by atoms with van der Waals surface area (Å²) in [5.41, 5.74) is 0.975. The summed E-state index contributed by atoms with van der Waals surface area (Å²) in [4.78, 5) is 12.5. The molecule has 1 aromatic heterocycles. The fourth-order valence-electron chi connectivity index (χ4n) is 1.32. The molecule has 0 bridgehead atoms. The summed E-state index contributed by atoms with van der Waals surface area (Å²) in [6, 6.07) is 9.82. The number of anilines is 2. The van der Waals surface area contributed by atoms with Gasteiger partial charge in [0.25, 0.3) is 0 Å². The summed E-state index contributed by atoms with van der Waals surface area (Å²) in [7, 11) is 0. The molecule has 0 spiro atoms. The largest absolute Gasteiger partial charge is 0.324 e.